The number of fused-ring (bicyclic) bond motifs is 1. The van der Waals surface area contributed by atoms with Crippen LogP contribution in [0, 0.1) is 17.8 Å². The molecule has 2 aliphatic rings. The minimum atomic E-state index is -0.305. The highest BCUT2D eigenvalue weighted by atomic mass is 16.5. The topological polar surface area (TPSA) is 63.7 Å². The smallest absolute Gasteiger partial charge is 0.309 e. The maximum Gasteiger partial charge on any atom is 0.309 e. The maximum absolute atomic E-state index is 12.5. The molecule has 0 bridgehead atoms. The Bertz CT molecular complexity index is 627. The van der Waals surface area contributed by atoms with Crippen LogP contribution in [0.1, 0.15) is 32.3 Å². The van der Waals surface area contributed by atoms with Crippen molar-refractivity contribution in [2.24, 2.45) is 17.8 Å². The molecule has 5 heteroatoms. The lowest BCUT2D eigenvalue weighted by atomic mass is 9.86. The number of ether oxygens (including phenoxy) is 1. The fraction of sp³-hybridized carbons (Fsp3) is 0.500. The molecule has 0 radical (unpaired) electrons. The molecule has 1 saturated carbocycles. The summed E-state index contributed by atoms with van der Waals surface area (Å²) in [5, 5.41) is 0. The lowest BCUT2D eigenvalue weighted by Gasteiger charge is -2.21. The number of benzene rings is 1. The van der Waals surface area contributed by atoms with Crippen molar-refractivity contribution in [1.82, 2.24) is 4.90 Å². The van der Waals surface area contributed by atoms with Crippen LogP contribution in [0.15, 0.2) is 30.3 Å². The van der Waals surface area contributed by atoms with Crippen molar-refractivity contribution in [2.45, 2.75) is 39.3 Å². The highest BCUT2D eigenvalue weighted by Gasteiger charge is 2.55. The van der Waals surface area contributed by atoms with E-state index in [1.807, 2.05) is 37.3 Å². The molecule has 3 rings (SSSR count). The van der Waals surface area contributed by atoms with Crippen molar-refractivity contribution in [1.29, 1.82) is 0 Å². The second-order valence-corrected chi connectivity index (χ2v) is 6.44. The van der Waals surface area contributed by atoms with Gasteiger partial charge in [0.25, 0.3) is 0 Å². The largest absolute Gasteiger partial charge is 0.461 e. The zero-order valence-corrected chi connectivity index (χ0v) is 13.4. The van der Waals surface area contributed by atoms with E-state index in [0.717, 1.165) is 5.56 Å². The maximum atomic E-state index is 12.5. The number of imide groups is 1. The molecule has 5 nitrogen and oxygen atoms in total. The number of nitrogens with zero attached hydrogens (tertiary/aromatic N) is 1. The van der Waals surface area contributed by atoms with E-state index in [1.165, 1.54) is 11.8 Å². The van der Waals surface area contributed by atoms with E-state index in [4.69, 9.17) is 4.74 Å². The summed E-state index contributed by atoms with van der Waals surface area (Å²) in [7, 11) is 0. The molecule has 1 unspecified atom stereocenters. The molecule has 1 aliphatic heterocycles. The summed E-state index contributed by atoms with van der Waals surface area (Å²) in [6, 6.07) is 9.38. The average Bonchev–Trinajstić information content (AvgIpc) is 3.06. The van der Waals surface area contributed by atoms with E-state index in [9.17, 15) is 14.4 Å². The second kappa shape index (κ2) is 6.14. The molecule has 1 aromatic carbocycles. The fourth-order valence-electron chi connectivity index (χ4n) is 4.03. The van der Waals surface area contributed by atoms with E-state index in [-0.39, 0.29) is 48.2 Å². The Hall–Kier alpha value is -2.17. The quantitative estimate of drug-likeness (QED) is 0.802. The van der Waals surface area contributed by atoms with Crippen LogP contribution in [0.2, 0.25) is 0 Å². The second-order valence-electron chi connectivity index (χ2n) is 6.44. The molecule has 4 atom stereocenters. The summed E-state index contributed by atoms with van der Waals surface area (Å²) < 4.78 is 5.45. The minimum absolute atomic E-state index is 0.116. The third-order valence-electron chi connectivity index (χ3n) is 5.08. The summed E-state index contributed by atoms with van der Waals surface area (Å²) in [5.74, 6) is -1.37. The molecule has 0 aromatic heterocycles. The Morgan fingerprint density at radius 2 is 1.91 bits per heavy atom. The number of hydrogen-bond donors (Lipinski definition) is 0. The van der Waals surface area contributed by atoms with Gasteiger partial charge in [0.15, 0.2) is 0 Å². The summed E-state index contributed by atoms with van der Waals surface area (Å²) in [6.07, 6.45) is 1.36. The Balaban J connectivity index is 1.68. The van der Waals surface area contributed by atoms with Crippen LogP contribution in [-0.4, -0.2) is 28.7 Å². The fourth-order valence-corrected chi connectivity index (χ4v) is 4.03. The molecule has 2 fully saturated rings. The van der Waals surface area contributed by atoms with E-state index in [0.29, 0.717) is 12.8 Å². The number of carbonyl (C=O) groups excluding carboxylic acids is 3. The van der Waals surface area contributed by atoms with E-state index < -0.39 is 0 Å². The molecule has 23 heavy (non-hydrogen) atoms. The summed E-state index contributed by atoms with van der Waals surface area (Å²) in [6.45, 7) is 3.46. The van der Waals surface area contributed by atoms with Crippen LogP contribution in [0.5, 0.6) is 0 Å². The molecular formula is C18H21NO4. The van der Waals surface area contributed by atoms with E-state index >= 15 is 0 Å². The molecular weight excluding hydrogens is 294 g/mol. The van der Waals surface area contributed by atoms with Gasteiger partial charge in [0.05, 0.1) is 5.92 Å². The van der Waals surface area contributed by atoms with Crippen molar-refractivity contribution in [2.75, 3.05) is 0 Å². The minimum Gasteiger partial charge on any atom is -0.461 e. The number of amides is 2. The molecule has 0 N–H and O–H groups in total. The van der Waals surface area contributed by atoms with Gasteiger partial charge >= 0.3 is 5.97 Å². The van der Waals surface area contributed by atoms with E-state index in [2.05, 4.69) is 0 Å². The first-order valence-corrected chi connectivity index (χ1v) is 8.05. The van der Waals surface area contributed by atoms with Gasteiger partial charge in [0.1, 0.15) is 6.61 Å². The average molecular weight is 315 g/mol. The number of hydrogen-bond acceptors (Lipinski definition) is 4. The van der Waals surface area contributed by atoms with Crippen molar-refractivity contribution >= 4 is 17.8 Å². The number of esters is 1. The third kappa shape index (κ3) is 2.76. The predicted octanol–water partition coefficient (Wildman–Crippen LogP) is 2.15. The van der Waals surface area contributed by atoms with Crippen LogP contribution in [0.25, 0.3) is 0 Å². The van der Waals surface area contributed by atoms with Gasteiger partial charge in [0, 0.05) is 24.8 Å². The number of rotatable bonds is 3. The van der Waals surface area contributed by atoms with Gasteiger partial charge in [-0.25, -0.2) is 0 Å². The molecule has 122 valence electrons. The van der Waals surface area contributed by atoms with Gasteiger partial charge in [-0.05, 0) is 18.4 Å². The van der Waals surface area contributed by atoms with Crippen LogP contribution in [0.3, 0.4) is 0 Å². The first-order chi connectivity index (χ1) is 11.0. The highest BCUT2D eigenvalue weighted by molar-refractivity contribution is 5.98. The molecule has 1 aromatic rings. The lowest BCUT2D eigenvalue weighted by Crippen LogP contribution is -2.37. The van der Waals surface area contributed by atoms with Gasteiger partial charge < -0.3 is 4.74 Å². The SMILES string of the molecule is CC(=O)N1C(=O)[C@@H](C)[C@H]2C(C(=O)OCc3ccccc3)CC[C@@H]21. The standard InChI is InChI=1S/C18H21NO4/c1-11-16-14(8-9-15(16)19(12(2)20)17(11)21)18(22)23-10-13-6-4-3-5-7-13/h3-7,11,14-16H,8-10H2,1-2H3/t11-,14?,15-,16-/m0/s1. The Morgan fingerprint density at radius 1 is 1.22 bits per heavy atom. The van der Waals surface area contributed by atoms with Crippen LogP contribution in [-0.2, 0) is 25.7 Å². The Labute approximate surface area is 135 Å². The van der Waals surface area contributed by atoms with Crippen molar-refractivity contribution in [3.8, 4) is 0 Å². The number of likely N-dealkylation sites (tertiary alicyclic amines) is 1. The number of carbonyl (C=O) groups is 3. The van der Waals surface area contributed by atoms with Gasteiger partial charge in [-0.3, -0.25) is 19.3 Å². The molecule has 1 heterocycles. The summed E-state index contributed by atoms with van der Waals surface area (Å²) >= 11 is 0. The van der Waals surface area contributed by atoms with Crippen molar-refractivity contribution in [3.05, 3.63) is 35.9 Å². The normalized spacial score (nSPS) is 29.5. The Kier molecular flexibility index (Phi) is 4.20. The van der Waals surface area contributed by atoms with Crippen LogP contribution < -0.4 is 0 Å². The monoisotopic (exact) mass is 315 g/mol. The summed E-state index contributed by atoms with van der Waals surface area (Å²) in [5.41, 5.74) is 0.941. The van der Waals surface area contributed by atoms with Crippen molar-refractivity contribution in [3.63, 3.8) is 0 Å². The molecule has 1 saturated heterocycles. The highest BCUT2D eigenvalue weighted by Crippen LogP contribution is 2.46. The van der Waals surface area contributed by atoms with Crippen molar-refractivity contribution < 1.29 is 19.1 Å². The van der Waals surface area contributed by atoms with Crippen LogP contribution >= 0.6 is 0 Å². The van der Waals surface area contributed by atoms with Gasteiger partial charge in [-0.1, -0.05) is 37.3 Å². The molecule has 2 amide bonds. The zero-order chi connectivity index (χ0) is 16.6. The third-order valence-corrected chi connectivity index (χ3v) is 5.08. The lowest BCUT2D eigenvalue weighted by molar-refractivity contribution is -0.151. The van der Waals surface area contributed by atoms with E-state index in [1.54, 1.807) is 0 Å². The first kappa shape index (κ1) is 15.7. The van der Waals surface area contributed by atoms with Gasteiger partial charge in [0.2, 0.25) is 11.8 Å². The summed E-state index contributed by atoms with van der Waals surface area (Å²) in [4.78, 5) is 37.8. The first-order valence-electron chi connectivity index (χ1n) is 8.05. The van der Waals surface area contributed by atoms with Gasteiger partial charge in [-0.2, -0.15) is 0 Å². The molecule has 0 spiro atoms. The van der Waals surface area contributed by atoms with Crippen LogP contribution in [0.4, 0.5) is 0 Å². The predicted molar refractivity (Wildman–Crippen MR) is 82.9 cm³/mol. The molecule has 1 aliphatic carbocycles. The zero-order valence-electron chi connectivity index (χ0n) is 13.4. The Morgan fingerprint density at radius 3 is 2.57 bits per heavy atom. The van der Waals surface area contributed by atoms with Gasteiger partial charge in [-0.15, -0.1) is 0 Å².